The highest BCUT2D eigenvalue weighted by Crippen LogP contribution is 2.21. The smallest absolute Gasteiger partial charge is 0.210 e. The number of thiophene rings is 1. The monoisotopic (exact) mass is 312 g/mol. The maximum absolute atomic E-state index is 10.6. The molecule has 0 aliphatic heterocycles. The van der Waals surface area contributed by atoms with Crippen LogP contribution < -0.4 is 10.5 Å². The van der Waals surface area contributed by atoms with Gasteiger partial charge in [0.15, 0.2) is 0 Å². The van der Waals surface area contributed by atoms with E-state index in [1.165, 1.54) is 4.88 Å². The van der Waals surface area contributed by atoms with Crippen LogP contribution in [-0.4, -0.2) is 27.3 Å². The lowest BCUT2D eigenvalue weighted by molar-refractivity contribution is 0.592. The lowest BCUT2D eigenvalue weighted by Gasteiger charge is -2.01. The van der Waals surface area contributed by atoms with Crippen LogP contribution in [0.25, 0.3) is 0 Å². The van der Waals surface area contributed by atoms with E-state index < -0.39 is 10.0 Å². The summed E-state index contributed by atoms with van der Waals surface area (Å²) >= 11 is 5.07. The van der Waals surface area contributed by atoms with Gasteiger partial charge in [-0.2, -0.15) is 0 Å². The molecule has 1 heterocycles. The molecule has 1 aromatic heterocycles. The summed E-state index contributed by atoms with van der Waals surface area (Å²) in [5, 5.41) is 7.89. The molecule has 86 valence electrons. The number of halogens is 1. The first-order chi connectivity index (χ1) is 6.97. The largest absolute Gasteiger partial charge is 0.315 e. The second-order valence-electron chi connectivity index (χ2n) is 3.07. The third-order valence-corrected chi connectivity index (χ3v) is 4.20. The Balaban J connectivity index is 2.12. The molecule has 0 bridgehead atoms. The third kappa shape index (κ3) is 6.26. The fourth-order valence-electron chi connectivity index (χ4n) is 1.04. The molecule has 0 fully saturated rings. The van der Waals surface area contributed by atoms with Crippen molar-refractivity contribution in [3.8, 4) is 0 Å². The van der Waals surface area contributed by atoms with Gasteiger partial charge >= 0.3 is 0 Å². The molecule has 3 N–H and O–H groups in total. The van der Waals surface area contributed by atoms with Crippen LogP contribution in [0.5, 0.6) is 0 Å². The minimum absolute atomic E-state index is 0.0128. The Bertz CT molecular complexity index is 403. The number of hydrogen-bond donors (Lipinski definition) is 2. The number of hydrogen-bond acceptors (Lipinski definition) is 4. The van der Waals surface area contributed by atoms with Gasteiger partial charge in [0.25, 0.3) is 0 Å². The van der Waals surface area contributed by atoms with Gasteiger partial charge in [-0.1, -0.05) is 0 Å². The van der Waals surface area contributed by atoms with Crippen molar-refractivity contribution in [3.05, 3.63) is 20.8 Å². The summed E-state index contributed by atoms with van der Waals surface area (Å²) in [5.41, 5.74) is 0. The van der Waals surface area contributed by atoms with Crippen LogP contribution in [0, 0.1) is 0 Å². The maximum Gasteiger partial charge on any atom is 0.210 e. The van der Waals surface area contributed by atoms with E-state index in [1.807, 2.05) is 6.07 Å². The number of sulfonamides is 1. The molecule has 0 atom stereocenters. The number of nitrogens with two attached hydrogens (primary N) is 1. The normalized spacial score (nSPS) is 11.9. The van der Waals surface area contributed by atoms with E-state index in [4.69, 9.17) is 5.14 Å². The van der Waals surface area contributed by atoms with Crippen LogP contribution in [0.15, 0.2) is 15.9 Å². The molecule has 1 aromatic rings. The summed E-state index contributed by atoms with van der Waals surface area (Å²) in [6.07, 6.45) is 0.904. The molecule has 0 aliphatic carbocycles. The van der Waals surface area contributed by atoms with Crippen LogP contribution >= 0.6 is 27.3 Å². The average Bonchev–Trinajstić information content (AvgIpc) is 2.49. The minimum atomic E-state index is -3.33. The second-order valence-corrected chi connectivity index (χ2v) is 7.35. The minimum Gasteiger partial charge on any atom is -0.315 e. The molecular formula is C8H13BrN2O2S2. The quantitative estimate of drug-likeness (QED) is 0.768. The van der Waals surface area contributed by atoms with Crippen molar-refractivity contribution in [2.45, 2.75) is 6.42 Å². The molecule has 0 aromatic carbocycles. The molecule has 0 radical (unpaired) electrons. The molecule has 0 saturated carbocycles. The first-order valence-corrected chi connectivity index (χ1v) is 7.75. The van der Waals surface area contributed by atoms with Crippen molar-refractivity contribution in [1.82, 2.24) is 5.32 Å². The van der Waals surface area contributed by atoms with Gasteiger partial charge in [0.05, 0.1) is 9.54 Å². The van der Waals surface area contributed by atoms with Crippen molar-refractivity contribution >= 4 is 37.3 Å². The standard InChI is InChI=1S/C8H13BrN2O2S2/c9-8-2-1-7(14-8)3-4-11-5-6-15(10,12)13/h1-2,11H,3-6H2,(H2,10,12,13). The predicted molar refractivity (Wildman–Crippen MR) is 66.6 cm³/mol. The summed E-state index contributed by atoms with van der Waals surface area (Å²) in [6.45, 7) is 1.17. The Labute approximate surface area is 102 Å². The number of nitrogens with one attached hydrogen (secondary N) is 1. The van der Waals surface area contributed by atoms with Gasteiger partial charge in [0.2, 0.25) is 10.0 Å². The highest BCUT2D eigenvalue weighted by atomic mass is 79.9. The van der Waals surface area contributed by atoms with E-state index in [0.717, 1.165) is 16.8 Å². The van der Waals surface area contributed by atoms with Crippen LogP contribution in [0.2, 0.25) is 0 Å². The summed E-state index contributed by atoms with van der Waals surface area (Å²) in [4.78, 5) is 1.27. The number of rotatable bonds is 6. The van der Waals surface area contributed by atoms with Crippen LogP contribution in [0.3, 0.4) is 0 Å². The third-order valence-electron chi connectivity index (χ3n) is 1.74. The van der Waals surface area contributed by atoms with Crippen molar-refractivity contribution in [2.24, 2.45) is 5.14 Å². The van der Waals surface area contributed by atoms with E-state index >= 15 is 0 Å². The van der Waals surface area contributed by atoms with E-state index in [9.17, 15) is 8.42 Å². The molecule has 1 rings (SSSR count). The maximum atomic E-state index is 10.6. The van der Waals surface area contributed by atoms with Crippen LogP contribution in [0.1, 0.15) is 4.88 Å². The zero-order chi connectivity index (χ0) is 11.3. The fourth-order valence-corrected chi connectivity index (χ4v) is 2.95. The SMILES string of the molecule is NS(=O)(=O)CCNCCc1ccc(Br)s1. The Morgan fingerprint density at radius 2 is 2.13 bits per heavy atom. The molecule has 15 heavy (non-hydrogen) atoms. The average molecular weight is 313 g/mol. The Morgan fingerprint density at radius 1 is 1.40 bits per heavy atom. The van der Waals surface area contributed by atoms with E-state index in [-0.39, 0.29) is 5.75 Å². The summed E-state index contributed by atoms with van der Waals surface area (Å²) < 4.78 is 22.3. The van der Waals surface area contributed by atoms with Gasteiger partial charge in [-0.15, -0.1) is 11.3 Å². The highest BCUT2D eigenvalue weighted by Gasteiger charge is 2.01. The van der Waals surface area contributed by atoms with E-state index in [2.05, 4.69) is 27.3 Å². The fraction of sp³-hybridized carbons (Fsp3) is 0.500. The highest BCUT2D eigenvalue weighted by molar-refractivity contribution is 9.11. The van der Waals surface area contributed by atoms with Gasteiger partial charge in [0, 0.05) is 11.4 Å². The first-order valence-electron chi connectivity index (χ1n) is 4.43. The van der Waals surface area contributed by atoms with Gasteiger partial charge in [-0.3, -0.25) is 0 Å². The second kappa shape index (κ2) is 5.95. The van der Waals surface area contributed by atoms with Crippen molar-refractivity contribution in [1.29, 1.82) is 0 Å². The zero-order valence-corrected chi connectivity index (χ0v) is 11.3. The molecule has 0 saturated heterocycles. The van der Waals surface area contributed by atoms with Gasteiger partial charge in [0.1, 0.15) is 0 Å². The van der Waals surface area contributed by atoms with E-state index in [0.29, 0.717) is 6.54 Å². The Hall–Kier alpha value is 0.0500. The van der Waals surface area contributed by atoms with Gasteiger partial charge in [-0.25, -0.2) is 13.6 Å². The zero-order valence-electron chi connectivity index (χ0n) is 8.07. The van der Waals surface area contributed by atoms with Gasteiger partial charge < -0.3 is 5.32 Å². The molecule has 4 nitrogen and oxygen atoms in total. The van der Waals surface area contributed by atoms with Crippen molar-refractivity contribution in [2.75, 3.05) is 18.8 Å². The topological polar surface area (TPSA) is 72.2 Å². The molecule has 0 unspecified atom stereocenters. The van der Waals surface area contributed by atoms with E-state index in [1.54, 1.807) is 11.3 Å². The predicted octanol–water partition coefficient (Wildman–Crippen LogP) is 0.931. The molecule has 0 spiro atoms. The lowest BCUT2D eigenvalue weighted by atomic mass is 10.3. The van der Waals surface area contributed by atoms with Crippen LogP contribution in [-0.2, 0) is 16.4 Å². The van der Waals surface area contributed by atoms with Crippen molar-refractivity contribution < 1.29 is 8.42 Å². The molecule has 7 heteroatoms. The Kier molecular flexibility index (Phi) is 5.20. The summed E-state index contributed by atoms with van der Waals surface area (Å²) in [5.74, 6) is -0.0128. The lowest BCUT2D eigenvalue weighted by Crippen LogP contribution is -2.28. The first kappa shape index (κ1) is 13.1. The van der Waals surface area contributed by atoms with Gasteiger partial charge in [-0.05, 0) is 41.0 Å². The number of primary sulfonamides is 1. The molecule has 0 amide bonds. The van der Waals surface area contributed by atoms with Crippen molar-refractivity contribution in [3.63, 3.8) is 0 Å². The molecular weight excluding hydrogens is 300 g/mol. The Morgan fingerprint density at radius 3 is 2.67 bits per heavy atom. The summed E-state index contributed by atoms with van der Waals surface area (Å²) in [7, 11) is -3.33. The molecule has 0 aliphatic rings. The van der Waals surface area contributed by atoms with Crippen LogP contribution in [0.4, 0.5) is 0 Å². The summed E-state index contributed by atoms with van der Waals surface area (Å²) in [6, 6.07) is 4.06.